The second-order valence-electron chi connectivity index (χ2n) is 12.6. The number of hydrogen-bond acceptors (Lipinski definition) is 3. The summed E-state index contributed by atoms with van der Waals surface area (Å²) in [4.78, 5) is 14.6. The van der Waals surface area contributed by atoms with Crippen LogP contribution in [0.4, 0.5) is 0 Å². The molecule has 0 aromatic heterocycles. The Morgan fingerprint density at radius 1 is 1.00 bits per heavy atom. The van der Waals surface area contributed by atoms with Crippen LogP contribution in [0.3, 0.4) is 0 Å². The van der Waals surface area contributed by atoms with Gasteiger partial charge in [-0.15, -0.1) is 0 Å². The molecule has 37 heavy (non-hydrogen) atoms. The first-order valence-electron chi connectivity index (χ1n) is 14.5. The van der Waals surface area contributed by atoms with Gasteiger partial charge in [-0.25, -0.2) is 0 Å². The molecule has 1 saturated carbocycles. The fourth-order valence-electron chi connectivity index (χ4n) is 8.26. The molecule has 2 aromatic rings. The van der Waals surface area contributed by atoms with Gasteiger partial charge in [0.25, 0.3) is 0 Å². The predicted molar refractivity (Wildman–Crippen MR) is 145 cm³/mol. The van der Waals surface area contributed by atoms with E-state index in [-0.39, 0.29) is 35.2 Å². The number of esters is 1. The SMILES string of the molecule is C[C@H]1CCC[C@]2(C)C[C@H]3OC(=O)[C@H](C[NH+]4CCC(C(O)(c5ccccc5)c5ccccc5)CC4)[C@H]3C=C12. The van der Waals surface area contributed by atoms with Crippen molar-refractivity contribution in [3.63, 3.8) is 0 Å². The number of hydrogen-bond donors (Lipinski definition) is 2. The monoisotopic (exact) mass is 500 g/mol. The molecule has 0 bridgehead atoms. The third-order valence-electron chi connectivity index (χ3n) is 10.3. The minimum atomic E-state index is -0.999. The van der Waals surface area contributed by atoms with Gasteiger partial charge in [0.1, 0.15) is 17.6 Å². The van der Waals surface area contributed by atoms with Crippen molar-refractivity contribution in [1.29, 1.82) is 0 Å². The second-order valence-corrected chi connectivity index (χ2v) is 12.6. The topological polar surface area (TPSA) is 51.0 Å². The number of carbonyl (C=O) groups is 1. The van der Waals surface area contributed by atoms with Gasteiger partial charge in [-0.3, -0.25) is 4.79 Å². The van der Waals surface area contributed by atoms with Crippen LogP contribution in [0.1, 0.15) is 63.5 Å². The van der Waals surface area contributed by atoms with Crippen LogP contribution in [0.2, 0.25) is 0 Å². The van der Waals surface area contributed by atoms with E-state index in [1.807, 2.05) is 36.4 Å². The largest absolute Gasteiger partial charge is 0.461 e. The van der Waals surface area contributed by atoms with Crippen LogP contribution < -0.4 is 4.90 Å². The minimum Gasteiger partial charge on any atom is -0.461 e. The van der Waals surface area contributed by atoms with Crippen molar-refractivity contribution in [3.8, 4) is 0 Å². The third kappa shape index (κ3) is 4.36. The highest BCUT2D eigenvalue weighted by atomic mass is 16.6. The van der Waals surface area contributed by atoms with Crippen molar-refractivity contribution in [2.45, 2.75) is 64.1 Å². The summed E-state index contributed by atoms with van der Waals surface area (Å²) in [6, 6.07) is 20.3. The van der Waals surface area contributed by atoms with Gasteiger partial charge in [-0.1, -0.05) is 92.6 Å². The predicted octanol–water partition coefficient (Wildman–Crippen LogP) is 4.53. The van der Waals surface area contributed by atoms with Crippen molar-refractivity contribution in [3.05, 3.63) is 83.4 Å². The van der Waals surface area contributed by atoms with Crippen LogP contribution in [-0.4, -0.2) is 36.8 Å². The summed E-state index contributed by atoms with van der Waals surface area (Å²) in [5.74, 6) is 0.968. The van der Waals surface area contributed by atoms with Crippen LogP contribution in [0, 0.1) is 29.1 Å². The second kappa shape index (κ2) is 9.71. The molecular weight excluding hydrogens is 458 g/mol. The number of aliphatic hydroxyl groups is 1. The average Bonchev–Trinajstić information content (AvgIpc) is 3.21. The zero-order valence-electron chi connectivity index (χ0n) is 22.4. The molecule has 0 unspecified atom stereocenters. The van der Waals surface area contributed by atoms with E-state index in [1.165, 1.54) is 24.2 Å². The molecule has 196 valence electrons. The molecule has 6 rings (SSSR count). The molecule has 2 heterocycles. The van der Waals surface area contributed by atoms with Crippen LogP contribution in [0.5, 0.6) is 0 Å². The number of piperidine rings is 1. The number of fused-ring (bicyclic) bond motifs is 2. The first kappa shape index (κ1) is 24.9. The quantitative estimate of drug-likeness (QED) is 0.469. The van der Waals surface area contributed by atoms with Gasteiger partial charge in [-0.05, 0) is 41.7 Å². The fraction of sp³-hybridized carbons (Fsp3) is 0.545. The first-order chi connectivity index (χ1) is 17.9. The number of likely N-dealkylation sites (tertiary alicyclic amines) is 1. The molecule has 4 aliphatic rings. The van der Waals surface area contributed by atoms with Crippen LogP contribution in [-0.2, 0) is 15.1 Å². The molecule has 2 N–H and O–H groups in total. The smallest absolute Gasteiger partial charge is 0.315 e. The molecule has 0 amide bonds. The molecule has 2 aromatic carbocycles. The lowest BCUT2D eigenvalue weighted by Gasteiger charge is -2.46. The Morgan fingerprint density at radius 3 is 2.24 bits per heavy atom. The first-order valence-corrected chi connectivity index (χ1v) is 14.5. The van der Waals surface area contributed by atoms with Crippen molar-refractivity contribution >= 4 is 5.97 Å². The van der Waals surface area contributed by atoms with Gasteiger partial charge >= 0.3 is 5.97 Å². The summed E-state index contributed by atoms with van der Waals surface area (Å²) < 4.78 is 6.02. The lowest BCUT2D eigenvalue weighted by molar-refractivity contribution is -0.909. The normalized spacial score (nSPS) is 35.8. The molecular formula is C33H42NO3+. The Labute approximate surface area is 221 Å². The zero-order chi connectivity index (χ0) is 25.6. The third-order valence-corrected chi connectivity index (χ3v) is 10.3. The van der Waals surface area contributed by atoms with E-state index in [4.69, 9.17) is 4.74 Å². The number of nitrogens with one attached hydrogen (secondary N) is 1. The highest BCUT2D eigenvalue weighted by molar-refractivity contribution is 5.76. The summed E-state index contributed by atoms with van der Waals surface area (Å²) in [5.41, 5.74) is 2.73. The van der Waals surface area contributed by atoms with E-state index in [0.29, 0.717) is 5.92 Å². The van der Waals surface area contributed by atoms with Gasteiger partial charge in [0, 0.05) is 24.7 Å². The summed E-state index contributed by atoms with van der Waals surface area (Å²) >= 11 is 0. The Kier molecular flexibility index (Phi) is 6.53. The van der Waals surface area contributed by atoms with Crippen LogP contribution in [0.25, 0.3) is 0 Å². The molecule has 3 fully saturated rings. The van der Waals surface area contributed by atoms with Gasteiger partial charge < -0.3 is 14.7 Å². The highest BCUT2D eigenvalue weighted by Crippen LogP contribution is 2.53. The van der Waals surface area contributed by atoms with Gasteiger partial charge in [0.05, 0.1) is 19.6 Å². The fourth-order valence-corrected chi connectivity index (χ4v) is 8.26. The molecule has 0 spiro atoms. The molecule has 2 saturated heterocycles. The molecule has 2 aliphatic carbocycles. The summed E-state index contributed by atoms with van der Waals surface area (Å²) in [5, 5.41) is 12.2. The Morgan fingerprint density at radius 2 is 1.62 bits per heavy atom. The summed E-state index contributed by atoms with van der Waals surface area (Å²) in [6.45, 7) is 7.54. The zero-order valence-corrected chi connectivity index (χ0v) is 22.4. The number of ether oxygens (including phenoxy) is 1. The highest BCUT2D eigenvalue weighted by Gasteiger charge is 2.53. The van der Waals surface area contributed by atoms with E-state index in [1.54, 1.807) is 5.57 Å². The Bertz CT molecular complexity index is 1100. The maximum atomic E-state index is 13.1. The maximum Gasteiger partial charge on any atom is 0.315 e. The van der Waals surface area contributed by atoms with Gasteiger partial charge in [-0.2, -0.15) is 0 Å². The number of quaternary nitrogens is 1. The van der Waals surface area contributed by atoms with Gasteiger partial charge in [0.15, 0.2) is 0 Å². The number of carbonyl (C=O) groups excluding carboxylic acids is 1. The standard InChI is InChI=1S/C33H41NO3/c1-23-10-9-17-32(2)21-30-27(20-29(23)32)28(31(35)37-30)22-34-18-15-26(16-19-34)33(36,24-11-5-3-6-12-24)25-13-7-4-8-14-25/h3-8,11-14,20,23,26-28,30,36H,9-10,15-19,21-22H2,1-2H3/p+1/t23-,27+,28+,30+,32+/m0/s1. The van der Waals surface area contributed by atoms with E-state index in [0.717, 1.165) is 50.0 Å². The number of benzene rings is 2. The average molecular weight is 501 g/mol. The van der Waals surface area contributed by atoms with Crippen molar-refractivity contribution in [1.82, 2.24) is 0 Å². The summed E-state index contributed by atoms with van der Waals surface area (Å²) in [7, 11) is 0. The van der Waals surface area contributed by atoms with Crippen LogP contribution >= 0.6 is 0 Å². The van der Waals surface area contributed by atoms with Crippen molar-refractivity contribution in [2.24, 2.45) is 29.1 Å². The summed E-state index contributed by atoms with van der Waals surface area (Å²) in [6.07, 6.45) is 9.15. The minimum absolute atomic E-state index is 0.0152. The van der Waals surface area contributed by atoms with E-state index < -0.39 is 5.60 Å². The molecule has 2 aliphatic heterocycles. The van der Waals surface area contributed by atoms with Crippen molar-refractivity contribution in [2.75, 3.05) is 19.6 Å². The molecule has 4 nitrogen and oxygen atoms in total. The van der Waals surface area contributed by atoms with E-state index in [9.17, 15) is 9.90 Å². The maximum absolute atomic E-state index is 13.1. The number of rotatable bonds is 5. The lowest BCUT2D eigenvalue weighted by Crippen LogP contribution is -3.14. The van der Waals surface area contributed by atoms with Gasteiger partial charge in [0.2, 0.25) is 0 Å². The van der Waals surface area contributed by atoms with E-state index >= 15 is 0 Å². The Hall–Kier alpha value is -2.43. The number of allylic oxidation sites excluding steroid dienone is 1. The van der Waals surface area contributed by atoms with Crippen LogP contribution in [0.15, 0.2) is 72.3 Å². The molecule has 0 radical (unpaired) electrons. The molecule has 4 heteroatoms. The molecule has 5 atom stereocenters. The Balaban J connectivity index is 1.18. The lowest BCUT2D eigenvalue weighted by atomic mass is 9.59. The van der Waals surface area contributed by atoms with E-state index in [2.05, 4.69) is 44.2 Å². The van der Waals surface area contributed by atoms with Crippen molar-refractivity contribution < 1.29 is 19.5 Å².